The molecule has 9 heteroatoms. The van der Waals surface area contributed by atoms with E-state index in [0.717, 1.165) is 11.3 Å². The Bertz CT molecular complexity index is 1110. The van der Waals surface area contributed by atoms with Gasteiger partial charge in [0.2, 0.25) is 5.95 Å². The highest BCUT2D eigenvalue weighted by Crippen LogP contribution is 2.40. The zero-order valence-electron chi connectivity index (χ0n) is 15.1. The molecule has 0 fully saturated rings. The number of nitrogens with one attached hydrogen (secondary N) is 2. The van der Waals surface area contributed by atoms with E-state index in [1.165, 1.54) is 4.68 Å². The maximum Gasteiger partial charge on any atom is 0.255 e. The van der Waals surface area contributed by atoms with Crippen LogP contribution in [0.15, 0.2) is 53.7 Å². The van der Waals surface area contributed by atoms with Crippen molar-refractivity contribution in [2.45, 2.75) is 19.9 Å². The van der Waals surface area contributed by atoms with Crippen LogP contribution in [0.3, 0.4) is 0 Å². The monoisotopic (exact) mass is 414 g/mol. The Kier molecular flexibility index (Phi) is 4.78. The number of anilines is 2. The topological polar surface area (TPSA) is 84.7 Å². The Hall–Kier alpha value is -2.90. The zero-order valence-corrected chi connectivity index (χ0v) is 16.6. The first-order valence-corrected chi connectivity index (χ1v) is 9.29. The highest BCUT2D eigenvalue weighted by atomic mass is 35.5. The molecule has 2 heterocycles. The summed E-state index contributed by atoms with van der Waals surface area (Å²) in [6.45, 7) is 3.73. The first-order valence-electron chi connectivity index (χ1n) is 8.54. The van der Waals surface area contributed by atoms with Crippen LogP contribution in [0.5, 0.6) is 0 Å². The normalized spacial score (nSPS) is 15.8. The number of rotatable bonds is 3. The van der Waals surface area contributed by atoms with Crippen molar-refractivity contribution in [1.82, 2.24) is 20.2 Å². The van der Waals surface area contributed by atoms with Gasteiger partial charge >= 0.3 is 0 Å². The van der Waals surface area contributed by atoms with Gasteiger partial charge in [0.15, 0.2) is 0 Å². The van der Waals surface area contributed by atoms with Crippen molar-refractivity contribution >= 4 is 40.7 Å². The highest BCUT2D eigenvalue weighted by molar-refractivity contribution is 6.42. The van der Waals surface area contributed by atoms with Crippen molar-refractivity contribution in [3.63, 3.8) is 0 Å². The molecule has 1 aromatic heterocycles. The summed E-state index contributed by atoms with van der Waals surface area (Å²) in [5, 5.41) is 18.5. The third kappa shape index (κ3) is 3.12. The van der Waals surface area contributed by atoms with Crippen LogP contribution in [-0.2, 0) is 4.79 Å². The highest BCUT2D eigenvalue weighted by Gasteiger charge is 2.35. The van der Waals surface area contributed by atoms with Crippen molar-refractivity contribution < 1.29 is 4.79 Å². The number of aryl methyl sites for hydroxylation is 1. The second-order valence-corrected chi connectivity index (χ2v) is 7.21. The molecule has 0 aliphatic carbocycles. The Balaban J connectivity index is 1.82. The van der Waals surface area contributed by atoms with Gasteiger partial charge in [0.1, 0.15) is 6.04 Å². The molecule has 1 aliphatic rings. The van der Waals surface area contributed by atoms with E-state index >= 15 is 0 Å². The van der Waals surface area contributed by atoms with Gasteiger partial charge in [-0.15, -0.1) is 0 Å². The Morgan fingerprint density at radius 1 is 1.14 bits per heavy atom. The largest absolute Gasteiger partial charge is 0.326 e. The number of carbonyl (C=O) groups is 1. The summed E-state index contributed by atoms with van der Waals surface area (Å²) < 4.78 is 1.53. The lowest BCUT2D eigenvalue weighted by Gasteiger charge is -2.28. The van der Waals surface area contributed by atoms with Crippen LogP contribution in [0.4, 0.5) is 11.6 Å². The van der Waals surface area contributed by atoms with Crippen molar-refractivity contribution in [3.8, 4) is 0 Å². The molecule has 0 spiro atoms. The predicted molar refractivity (Wildman–Crippen MR) is 109 cm³/mol. The molecule has 1 amide bonds. The van der Waals surface area contributed by atoms with E-state index in [2.05, 4.69) is 26.2 Å². The van der Waals surface area contributed by atoms with E-state index in [1.54, 1.807) is 19.1 Å². The average Bonchev–Trinajstić information content (AvgIpc) is 3.13. The number of halogens is 2. The molecule has 1 unspecified atom stereocenters. The summed E-state index contributed by atoms with van der Waals surface area (Å²) >= 11 is 12.7. The van der Waals surface area contributed by atoms with Gasteiger partial charge in [-0.05, 0) is 42.0 Å². The molecule has 2 aromatic carbocycles. The van der Waals surface area contributed by atoms with E-state index in [9.17, 15) is 4.79 Å². The molecule has 142 valence electrons. The summed E-state index contributed by atoms with van der Waals surface area (Å²) in [5.74, 6) is 0.146. The van der Waals surface area contributed by atoms with Gasteiger partial charge in [0.05, 0.1) is 15.6 Å². The molecule has 0 saturated carbocycles. The fourth-order valence-electron chi connectivity index (χ4n) is 3.23. The van der Waals surface area contributed by atoms with Crippen LogP contribution in [0, 0.1) is 6.92 Å². The summed E-state index contributed by atoms with van der Waals surface area (Å²) in [7, 11) is 0. The Morgan fingerprint density at radius 2 is 1.93 bits per heavy atom. The minimum Gasteiger partial charge on any atom is -0.326 e. The lowest BCUT2D eigenvalue weighted by Crippen LogP contribution is -2.31. The molecule has 1 atom stereocenters. The smallest absolute Gasteiger partial charge is 0.255 e. The van der Waals surface area contributed by atoms with Crippen LogP contribution in [-0.4, -0.2) is 26.1 Å². The third-order valence-electron chi connectivity index (χ3n) is 4.63. The van der Waals surface area contributed by atoms with Gasteiger partial charge in [-0.1, -0.05) is 58.6 Å². The average molecular weight is 415 g/mol. The fourth-order valence-corrected chi connectivity index (χ4v) is 3.64. The molecule has 0 bridgehead atoms. The number of fused-ring (bicyclic) bond motifs is 1. The first kappa shape index (κ1) is 18.5. The number of benzene rings is 2. The quantitative estimate of drug-likeness (QED) is 0.669. The molecule has 2 N–H and O–H groups in total. The van der Waals surface area contributed by atoms with Gasteiger partial charge in [-0.2, -0.15) is 4.68 Å². The van der Waals surface area contributed by atoms with Crippen molar-refractivity contribution in [1.29, 1.82) is 0 Å². The number of allylic oxidation sites excluding steroid dienone is 1. The van der Waals surface area contributed by atoms with Crippen LogP contribution >= 0.6 is 23.2 Å². The van der Waals surface area contributed by atoms with E-state index < -0.39 is 6.04 Å². The number of nitrogens with zero attached hydrogens (tertiary/aromatic N) is 4. The standard InChI is InChI=1S/C19H16Cl2N6O/c1-10-6-3-4-9-14(10)23-18(28)15-11(2)22-19-24-25-26-27(19)17(15)12-7-5-8-13(20)16(12)21/h3-9,17H,1-2H3,(H,23,28)(H,22,24,26). The van der Waals surface area contributed by atoms with Gasteiger partial charge in [-0.3, -0.25) is 4.79 Å². The van der Waals surface area contributed by atoms with Gasteiger partial charge < -0.3 is 10.6 Å². The maximum atomic E-state index is 13.3. The van der Waals surface area contributed by atoms with E-state index in [0.29, 0.717) is 32.8 Å². The minimum absolute atomic E-state index is 0.276. The lowest BCUT2D eigenvalue weighted by molar-refractivity contribution is -0.113. The van der Waals surface area contributed by atoms with Crippen molar-refractivity contribution in [2.24, 2.45) is 0 Å². The Morgan fingerprint density at radius 3 is 2.71 bits per heavy atom. The van der Waals surface area contributed by atoms with Crippen LogP contribution in [0.2, 0.25) is 10.0 Å². The SMILES string of the molecule is CC1=C(C(=O)Nc2ccccc2C)C(c2cccc(Cl)c2Cl)n2nnnc2N1. The number of tetrazole rings is 1. The molecule has 0 saturated heterocycles. The molecule has 0 radical (unpaired) electrons. The number of hydrogen-bond acceptors (Lipinski definition) is 5. The second kappa shape index (κ2) is 7.26. The number of carbonyl (C=O) groups excluding carboxylic acids is 1. The molecule has 4 rings (SSSR count). The van der Waals surface area contributed by atoms with Gasteiger partial charge in [0, 0.05) is 16.9 Å². The molecular weight excluding hydrogens is 399 g/mol. The second-order valence-electron chi connectivity index (χ2n) is 6.43. The molecular formula is C19H16Cl2N6O. The third-order valence-corrected chi connectivity index (χ3v) is 5.46. The van der Waals surface area contributed by atoms with E-state index in [1.807, 2.05) is 37.3 Å². The predicted octanol–water partition coefficient (Wildman–Crippen LogP) is 4.22. The first-order chi connectivity index (χ1) is 13.5. The van der Waals surface area contributed by atoms with Crippen LogP contribution in [0.1, 0.15) is 24.1 Å². The zero-order chi connectivity index (χ0) is 19.8. The molecule has 7 nitrogen and oxygen atoms in total. The van der Waals surface area contributed by atoms with Gasteiger partial charge in [0.25, 0.3) is 5.91 Å². The molecule has 28 heavy (non-hydrogen) atoms. The van der Waals surface area contributed by atoms with Crippen LogP contribution < -0.4 is 10.6 Å². The number of aromatic nitrogens is 4. The van der Waals surface area contributed by atoms with Crippen molar-refractivity contribution in [3.05, 3.63) is 74.9 Å². The lowest BCUT2D eigenvalue weighted by atomic mass is 9.94. The van der Waals surface area contributed by atoms with E-state index in [-0.39, 0.29) is 5.91 Å². The van der Waals surface area contributed by atoms with Crippen molar-refractivity contribution in [2.75, 3.05) is 10.6 Å². The molecule has 1 aliphatic heterocycles. The fraction of sp³-hybridized carbons (Fsp3) is 0.158. The summed E-state index contributed by atoms with van der Waals surface area (Å²) in [6.07, 6.45) is 0. The maximum absolute atomic E-state index is 13.3. The van der Waals surface area contributed by atoms with Crippen LogP contribution in [0.25, 0.3) is 0 Å². The minimum atomic E-state index is -0.624. The number of para-hydroxylation sites is 1. The summed E-state index contributed by atoms with van der Waals surface area (Å²) in [6, 6.07) is 12.2. The number of amides is 1. The van der Waals surface area contributed by atoms with E-state index in [4.69, 9.17) is 23.2 Å². The number of hydrogen-bond donors (Lipinski definition) is 2. The Labute approximate surface area is 171 Å². The summed E-state index contributed by atoms with van der Waals surface area (Å²) in [5.41, 5.74) is 3.41. The van der Waals surface area contributed by atoms with Gasteiger partial charge in [-0.25, -0.2) is 0 Å². The molecule has 3 aromatic rings. The summed E-state index contributed by atoms with van der Waals surface area (Å²) in [4.78, 5) is 13.3.